The van der Waals surface area contributed by atoms with Crippen molar-refractivity contribution in [1.29, 1.82) is 0 Å². The summed E-state index contributed by atoms with van der Waals surface area (Å²) in [6.45, 7) is 1.51. The molecule has 4 N–H and O–H groups in total. The van der Waals surface area contributed by atoms with Crippen molar-refractivity contribution in [2.24, 2.45) is 5.73 Å². The van der Waals surface area contributed by atoms with Crippen LogP contribution < -0.4 is 16.7 Å². The van der Waals surface area contributed by atoms with Crippen molar-refractivity contribution in [2.45, 2.75) is 23.9 Å². The van der Waals surface area contributed by atoms with Gasteiger partial charge in [0.05, 0.1) is 29.8 Å². The Balaban J connectivity index is 1.97. The van der Waals surface area contributed by atoms with Crippen LogP contribution in [0.1, 0.15) is 11.3 Å². The largest absolute Gasteiger partial charge is 0.493 e. The second-order valence-corrected chi connectivity index (χ2v) is 7.32. The molecule has 0 fully saturated rings. The zero-order chi connectivity index (χ0) is 22.1. The first-order chi connectivity index (χ1) is 14.1. The minimum absolute atomic E-state index is 0.00856. The lowest BCUT2D eigenvalue weighted by Gasteiger charge is -2.10. The van der Waals surface area contributed by atoms with Gasteiger partial charge in [-0.1, -0.05) is 0 Å². The van der Waals surface area contributed by atoms with Crippen molar-refractivity contribution in [2.75, 3.05) is 5.32 Å². The van der Waals surface area contributed by atoms with Crippen molar-refractivity contribution in [1.82, 2.24) is 14.1 Å². The molecule has 0 atom stereocenters. The number of urea groups is 1. The van der Waals surface area contributed by atoms with E-state index in [-0.39, 0.29) is 40.5 Å². The van der Waals surface area contributed by atoms with E-state index >= 15 is 0 Å². The SMILES string of the molecule is Cc1c(O)n(-c2ccc(SC(F)(F)F)cc2)c(=O)n1Cc1ccncc1NC(N)=O. The fourth-order valence-corrected chi connectivity index (χ4v) is 3.37. The van der Waals surface area contributed by atoms with Gasteiger partial charge in [-0.3, -0.25) is 9.55 Å². The average molecular weight is 439 g/mol. The highest BCUT2D eigenvalue weighted by Gasteiger charge is 2.29. The van der Waals surface area contributed by atoms with Crippen molar-refractivity contribution in [3.8, 4) is 11.6 Å². The van der Waals surface area contributed by atoms with Crippen LogP contribution in [0.15, 0.2) is 52.4 Å². The summed E-state index contributed by atoms with van der Waals surface area (Å²) in [5.74, 6) is -0.352. The molecule has 0 aliphatic rings. The molecular formula is C18H16F3N5O3S. The Hall–Kier alpha value is -3.41. The van der Waals surface area contributed by atoms with Crippen LogP contribution in [0.3, 0.4) is 0 Å². The fraction of sp³-hybridized carbons (Fsp3) is 0.167. The van der Waals surface area contributed by atoms with Crippen LogP contribution >= 0.6 is 11.8 Å². The summed E-state index contributed by atoms with van der Waals surface area (Å²) in [4.78, 5) is 27.9. The smallest absolute Gasteiger partial charge is 0.446 e. The van der Waals surface area contributed by atoms with Crippen molar-refractivity contribution < 1.29 is 23.1 Å². The maximum absolute atomic E-state index is 12.9. The number of hydrogen-bond acceptors (Lipinski definition) is 5. The second-order valence-electron chi connectivity index (χ2n) is 6.18. The lowest BCUT2D eigenvalue weighted by atomic mass is 10.2. The lowest BCUT2D eigenvalue weighted by Crippen LogP contribution is -2.25. The van der Waals surface area contributed by atoms with Gasteiger partial charge in [0.1, 0.15) is 0 Å². The monoisotopic (exact) mass is 439 g/mol. The summed E-state index contributed by atoms with van der Waals surface area (Å²) in [7, 11) is 0. The third kappa shape index (κ3) is 4.59. The molecule has 2 aromatic heterocycles. The molecule has 0 saturated heterocycles. The predicted octanol–water partition coefficient (Wildman–Crippen LogP) is 3.20. The number of amides is 2. The standard InChI is InChI=1S/C18H16F3N5O3S/c1-10-15(27)26(12-2-4-13(5-3-12)30-18(19,20)21)17(29)25(10)9-11-6-7-23-8-14(11)24-16(22)28/h2-8,27H,9H2,1H3,(H3,22,24,28). The van der Waals surface area contributed by atoms with E-state index in [0.29, 0.717) is 11.3 Å². The molecular weight excluding hydrogens is 423 g/mol. The molecule has 0 saturated carbocycles. The maximum Gasteiger partial charge on any atom is 0.446 e. The van der Waals surface area contributed by atoms with E-state index in [0.717, 1.165) is 4.57 Å². The highest BCUT2D eigenvalue weighted by atomic mass is 32.2. The molecule has 30 heavy (non-hydrogen) atoms. The topological polar surface area (TPSA) is 115 Å². The minimum atomic E-state index is -4.43. The molecule has 8 nitrogen and oxygen atoms in total. The lowest BCUT2D eigenvalue weighted by molar-refractivity contribution is -0.0328. The van der Waals surface area contributed by atoms with Gasteiger partial charge in [0.25, 0.3) is 0 Å². The second kappa shape index (κ2) is 8.14. The Bertz CT molecular complexity index is 1140. The Morgan fingerprint density at radius 2 is 1.93 bits per heavy atom. The van der Waals surface area contributed by atoms with Gasteiger partial charge in [-0.2, -0.15) is 13.2 Å². The number of carbonyl (C=O) groups excluding carboxylic acids is 1. The van der Waals surface area contributed by atoms with Crippen LogP contribution in [0.2, 0.25) is 0 Å². The number of hydrogen-bond donors (Lipinski definition) is 3. The molecule has 2 heterocycles. The number of primary amides is 1. The van der Waals surface area contributed by atoms with Crippen molar-refractivity contribution in [3.05, 3.63) is 64.5 Å². The number of nitrogens with zero attached hydrogens (tertiary/aromatic N) is 3. The number of carbonyl (C=O) groups is 1. The van der Waals surface area contributed by atoms with Crippen LogP contribution in [0.5, 0.6) is 5.88 Å². The van der Waals surface area contributed by atoms with Crippen LogP contribution in [0.4, 0.5) is 23.7 Å². The number of anilines is 1. The number of aromatic nitrogens is 3. The van der Waals surface area contributed by atoms with E-state index in [1.165, 1.54) is 48.1 Å². The summed E-state index contributed by atoms with van der Waals surface area (Å²) >= 11 is -0.276. The van der Waals surface area contributed by atoms with Gasteiger partial charge in [0, 0.05) is 11.1 Å². The number of pyridine rings is 1. The van der Waals surface area contributed by atoms with Crippen LogP contribution in [0, 0.1) is 6.92 Å². The number of alkyl halides is 3. The number of halogens is 3. The molecule has 3 aromatic rings. The normalized spacial score (nSPS) is 11.5. The Labute approximate surface area is 172 Å². The van der Waals surface area contributed by atoms with Gasteiger partial charge in [0.15, 0.2) is 0 Å². The van der Waals surface area contributed by atoms with E-state index in [9.17, 15) is 27.9 Å². The first-order valence-corrected chi connectivity index (χ1v) is 9.25. The number of nitrogens with two attached hydrogens (primary N) is 1. The molecule has 1 aromatic carbocycles. The van der Waals surface area contributed by atoms with E-state index in [1.807, 2.05) is 0 Å². The molecule has 0 spiro atoms. The number of thioether (sulfide) groups is 1. The molecule has 3 rings (SSSR count). The molecule has 0 bridgehead atoms. The molecule has 158 valence electrons. The first-order valence-electron chi connectivity index (χ1n) is 8.43. The van der Waals surface area contributed by atoms with Crippen molar-refractivity contribution >= 4 is 23.5 Å². The minimum Gasteiger partial charge on any atom is -0.493 e. The van der Waals surface area contributed by atoms with Gasteiger partial charge in [0.2, 0.25) is 5.88 Å². The number of aromatic hydroxyl groups is 1. The van der Waals surface area contributed by atoms with E-state index in [2.05, 4.69) is 10.3 Å². The molecule has 0 aliphatic carbocycles. The van der Waals surface area contributed by atoms with Crippen LogP contribution in [-0.2, 0) is 6.54 Å². The molecule has 0 unspecified atom stereocenters. The average Bonchev–Trinajstić information content (AvgIpc) is 2.86. The third-order valence-electron chi connectivity index (χ3n) is 4.19. The molecule has 2 amide bonds. The summed E-state index contributed by atoms with van der Waals surface area (Å²) in [5.41, 5.74) is 1.36. The van der Waals surface area contributed by atoms with Crippen molar-refractivity contribution in [3.63, 3.8) is 0 Å². The van der Waals surface area contributed by atoms with Gasteiger partial charge < -0.3 is 16.2 Å². The van der Waals surface area contributed by atoms with Crippen LogP contribution in [0.25, 0.3) is 5.69 Å². The number of benzene rings is 1. The zero-order valence-electron chi connectivity index (χ0n) is 15.5. The summed E-state index contributed by atoms with van der Waals surface area (Å²) in [6.07, 6.45) is 2.84. The molecule has 12 heteroatoms. The third-order valence-corrected chi connectivity index (χ3v) is 4.93. The van der Waals surface area contributed by atoms with E-state index < -0.39 is 17.2 Å². The van der Waals surface area contributed by atoms with Gasteiger partial charge >= 0.3 is 17.2 Å². The Morgan fingerprint density at radius 3 is 2.53 bits per heavy atom. The first kappa shape index (κ1) is 21.3. The van der Waals surface area contributed by atoms with E-state index in [4.69, 9.17) is 5.73 Å². The highest BCUT2D eigenvalue weighted by Crippen LogP contribution is 2.37. The Kier molecular flexibility index (Phi) is 5.78. The molecule has 0 radical (unpaired) electrons. The van der Waals surface area contributed by atoms with E-state index in [1.54, 1.807) is 6.07 Å². The van der Waals surface area contributed by atoms with Gasteiger partial charge in [-0.05, 0) is 54.6 Å². The number of imidazole rings is 1. The highest BCUT2D eigenvalue weighted by molar-refractivity contribution is 8.00. The molecule has 0 aliphatic heterocycles. The maximum atomic E-state index is 12.9. The Morgan fingerprint density at radius 1 is 1.27 bits per heavy atom. The predicted molar refractivity (Wildman–Crippen MR) is 105 cm³/mol. The summed E-state index contributed by atoms with van der Waals surface area (Å²) in [5, 5.41) is 12.9. The summed E-state index contributed by atoms with van der Waals surface area (Å²) < 4.78 is 39.7. The number of nitrogens with one attached hydrogen (secondary N) is 1. The summed E-state index contributed by atoms with van der Waals surface area (Å²) in [6, 6.07) is 5.82. The van der Waals surface area contributed by atoms with Gasteiger partial charge in [-0.15, -0.1) is 0 Å². The fourth-order valence-electron chi connectivity index (χ4n) is 2.83. The van der Waals surface area contributed by atoms with Gasteiger partial charge in [-0.25, -0.2) is 14.2 Å². The zero-order valence-corrected chi connectivity index (χ0v) is 16.3. The van der Waals surface area contributed by atoms with Crippen LogP contribution in [-0.4, -0.2) is 30.8 Å². The quantitative estimate of drug-likeness (QED) is 0.528. The number of rotatable bonds is 5.